The minimum Gasteiger partial charge on any atom is -0.480 e. The summed E-state index contributed by atoms with van der Waals surface area (Å²) in [4.78, 5) is 12.5. The number of carboxylic acids is 1. The highest BCUT2D eigenvalue weighted by Crippen LogP contribution is 2.00. The van der Waals surface area contributed by atoms with Gasteiger partial charge in [-0.2, -0.15) is 0 Å². The second kappa shape index (κ2) is 6.86. The lowest BCUT2D eigenvalue weighted by Gasteiger charge is -2.13. The number of hydrogen-bond donors (Lipinski definition) is 2. The molecule has 0 aliphatic carbocycles. The summed E-state index contributed by atoms with van der Waals surface area (Å²) in [6.07, 6.45) is 2.48. The summed E-state index contributed by atoms with van der Waals surface area (Å²) in [5.74, 6) is -0.899. The Kier molecular flexibility index (Phi) is 6.54. The molecule has 0 fully saturated rings. The number of nitrogens with zero attached hydrogens (tertiary/aromatic N) is 1. The van der Waals surface area contributed by atoms with Gasteiger partial charge in [-0.25, -0.2) is 0 Å². The highest BCUT2D eigenvalue weighted by Gasteiger charge is 2.09. The Bertz CT molecular complexity index is 151. The topological polar surface area (TPSA) is 66.6 Å². The highest BCUT2D eigenvalue weighted by molar-refractivity contribution is 5.72. The van der Waals surface area contributed by atoms with Crippen LogP contribution < -0.4 is 5.73 Å². The number of carbonyl (C=O) groups is 1. The average Bonchev–Trinajstić information content (AvgIpc) is 2.11. The SMILES string of the molecule is CCN(C)CCCC[C@H](N)C(=O)O. The molecule has 0 heterocycles. The molecule has 0 aliphatic rings. The summed E-state index contributed by atoms with van der Waals surface area (Å²) in [5.41, 5.74) is 5.35. The van der Waals surface area contributed by atoms with Crippen molar-refractivity contribution in [2.24, 2.45) is 5.73 Å². The van der Waals surface area contributed by atoms with Gasteiger partial charge in [0.15, 0.2) is 0 Å². The van der Waals surface area contributed by atoms with Crippen LogP contribution in [0.25, 0.3) is 0 Å². The molecule has 0 spiro atoms. The molecule has 0 aromatic rings. The van der Waals surface area contributed by atoms with Crippen LogP contribution in [-0.2, 0) is 4.79 Å². The smallest absolute Gasteiger partial charge is 0.320 e. The number of aliphatic carboxylic acids is 1. The number of hydrogen-bond acceptors (Lipinski definition) is 3. The largest absolute Gasteiger partial charge is 0.480 e. The molecule has 4 nitrogen and oxygen atoms in total. The summed E-state index contributed by atoms with van der Waals surface area (Å²) < 4.78 is 0. The highest BCUT2D eigenvalue weighted by atomic mass is 16.4. The van der Waals surface area contributed by atoms with Gasteiger partial charge in [-0.1, -0.05) is 13.3 Å². The Balaban J connectivity index is 3.30. The van der Waals surface area contributed by atoms with Crippen molar-refractivity contribution < 1.29 is 9.90 Å². The molecule has 3 N–H and O–H groups in total. The van der Waals surface area contributed by atoms with E-state index in [1.807, 2.05) is 0 Å². The van der Waals surface area contributed by atoms with E-state index in [1.54, 1.807) is 0 Å². The van der Waals surface area contributed by atoms with Gasteiger partial charge in [-0.05, 0) is 33.0 Å². The molecule has 4 heteroatoms. The minimum atomic E-state index is -0.899. The van der Waals surface area contributed by atoms with Crippen molar-refractivity contribution in [3.8, 4) is 0 Å². The van der Waals surface area contributed by atoms with Crippen molar-refractivity contribution in [1.82, 2.24) is 4.90 Å². The van der Waals surface area contributed by atoms with Crippen molar-refractivity contribution in [1.29, 1.82) is 0 Å². The summed E-state index contributed by atoms with van der Waals surface area (Å²) >= 11 is 0. The average molecular weight is 188 g/mol. The molecule has 0 radical (unpaired) electrons. The molecule has 0 aromatic heterocycles. The van der Waals surface area contributed by atoms with Gasteiger partial charge in [0.2, 0.25) is 0 Å². The Labute approximate surface area is 79.7 Å². The monoisotopic (exact) mass is 188 g/mol. The summed E-state index contributed by atoms with van der Waals surface area (Å²) in [6, 6.07) is -0.688. The fourth-order valence-electron chi connectivity index (χ4n) is 1.03. The van der Waals surface area contributed by atoms with Gasteiger partial charge in [0.25, 0.3) is 0 Å². The van der Waals surface area contributed by atoms with E-state index in [1.165, 1.54) is 0 Å². The van der Waals surface area contributed by atoms with Crippen LogP contribution in [0.1, 0.15) is 26.2 Å². The van der Waals surface area contributed by atoms with Crippen LogP contribution >= 0.6 is 0 Å². The van der Waals surface area contributed by atoms with E-state index in [9.17, 15) is 4.79 Å². The van der Waals surface area contributed by atoms with Gasteiger partial charge in [-0.3, -0.25) is 4.79 Å². The quantitative estimate of drug-likeness (QED) is 0.572. The predicted octanol–water partition coefficient (Wildman–Crippen LogP) is 0.520. The molecule has 0 rings (SSSR count). The Morgan fingerprint density at radius 3 is 2.62 bits per heavy atom. The van der Waals surface area contributed by atoms with E-state index in [-0.39, 0.29) is 0 Å². The lowest BCUT2D eigenvalue weighted by atomic mass is 10.1. The maximum atomic E-state index is 10.3. The zero-order valence-corrected chi connectivity index (χ0v) is 8.49. The maximum Gasteiger partial charge on any atom is 0.320 e. The van der Waals surface area contributed by atoms with Crippen LogP contribution in [0.5, 0.6) is 0 Å². The number of unbranched alkanes of at least 4 members (excludes halogenated alkanes) is 1. The first kappa shape index (κ1) is 12.4. The molecule has 0 bridgehead atoms. The van der Waals surface area contributed by atoms with Crippen LogP contribution in [0.15, 0.2) is 0 Å². The van der Waals surface area contributed by atoms with Crippen LogP contribution in [0, 0.1) is 0 Å². The van der Waals surface area contributed by atoms with E-state index in [0.29, 0.717) is 6.42 Å². The summed E-state index contributed by atoms with van der Waals surface area (Å²) in [6.45, 7) is 4.15. The van der Waals surface area contributed by atoms with E-state index >= 15 is 0 Å². The molecule has 0 saturated heterocycles. The first-order chi connectivity index (χ1) is 6.07. The Morgan fingerprint density at radius 1 is 1.54 bits per heavy atom. The van der Waals surface area contributed by atoms with Crippen LogP contribution in [-0.4, -0.2) is 42.2 Å². The molecule has 0 unspecified atom stereocenters. The second-order valence-corrected chi connectivity index (χ2v) is 3.34. The van der Waals surface area contributed by atoms with Gasteiger partial charge < -0.3 is 15.7 Å². The van der Waals surface area contributed by atoms with E-state index < -0.39 is 12.0 Å². The van der Waals surface area contributed by atoms with Crippen LogP contribution in [0.4, 0.5) is 0 Å². The van der Waals surface area contributed by atoms with E-state index in [4.69, 9.17) is 10.8 Å². The first-order valence-corrected chi connectivity index (χ1v) is 4.74. The lowest BCUT2D eigenvalue weighted by Crippen LogP contribution is -2.30. The van der Waals surface area contributed by atoms with Crippen LogP contribution in [0.3, 0.4) is 0 Å². The predicted molar refractivity (Wildman–Crippen MR) is 52.6 cm³/mol. The van der Waals surface area contributed by atoms with Crippen molar-refractivity contribution in [3.05, 3.63) is 0 Å². The first-order valence-electron chi connectivity index (χ1n) is 4.74. The number of carboxylic acid groups (broad SMARTS) is 1. The van der Waals surface area contributed by atoms with Gasteiger partial charge in [0, 0.05) is 0 Å². The molecule has 0 aliphatic heterocycles. The Hall–Kier alpha value is -0.610. The van der Waals surface area contributed by atoms with Crippen molar-refractivity contribution in [2.45, 2.75) is 32.2 Å². The molecular weight excluding hydrogens is 168 g/mol. The standard InChI is InChI=1S/C9H20N2O2/c1-3-11(2)7-5-4-6-8(10)9(12)13/h8H,3-7,10H2,1-2H3,(H,12,13)/t8-/m0/s1. The zero-order chi connectivity index (χ0) is 10.3. The van der Waals surface area contributed by atoms with Crippen molar-refractivity contribution >= 4 is 5.97 Å². The van der Waals surface area contributed by atoms with Gasteiger partial charge >= 0.3 is 5.97 Å². The Morgan fingerprint density at radius 2 is 2.15 bits per heavy atom. The summed E-state index contributed by atoms with van der Waals surface area (Å²) in [7, 11) is 2.05. The van der Waals surface area contributed by atoms with E-state index in [0.717, 1.165) is 25.9 Å². The molecule has 78 valence electrons. The molecule has 13 heavy (non-hydrogen) atoms. The molecule has 0 saturated carbocycles. The molecular formula is C9H20N2O2. The second-order valence-electron chi connectivity index (χ2n) is 3.34. The van der Waals surface area contributed by atoms with Crippen molar-refractivity contribution in [2.75, 3.05) is 20.1 Å². The molecule has 1 atom stereocenters. The van der Waals surface area contributed by atoms with E-state index in [2.05, 4.69) is 18.9 Å². The number of rotatable bonds is 7. The fraction of sp³-hybridized carbons (Fsp3) is 0.889. The normalized spacial score (nSPS) is 13.2. The summed E-state index contributed by atoms with van der Waals surface area (Å²) in [5, 5.41) is 8.50. The fourth-order valence-corrected chi connectivity index (χ4v) is 1.03. The maximum absolute atomic E-state index is 10.3. The lowest BCUT2D eigenvalue weighted by molar-refractivity contribution is -0.138. The third kappa shape index (κ3) is 6.54. The third-order valence-corrected chi connectivity index (χ3v) is 2.16. The molecule has 0 aromatic carbocycles. The third-order valence-electron chi connectivity index (χ3n) is 2.16. The minimum absolute atomic E-state index is 0.576. The zero-order valence-electron chi connectivity index (χ0n) is 8.49. The molecule has 0 amide bonds. The van der Waals surface area contributed by atoms with Gasteiger partial charge in [0.1, 0.15) is 6.04 Å². The van der Waals surface area contributed by atoms with Crippen molar-refractivity contribution in [3.63, 3.8) is 0 Å². The van der Waals surface area contributed by atoms with Gasteiger partial charge in [-0.15, -0.1) is 0 Å². The van der Waals surface area contributed by atoms with Crippen LogP contribution in [0.2, 0.25) is 0 Å². The van der Waals surface area contributed by atoms with Gasteiger partial charge in [0.05, 0.1) is 0 Å². The number of nitrogens with two attached hydrogens (primary N) is 1.